The Labute approximate surface area is 178 Å². The van der Waals surface area contributed by atoms with Crippen molar-refractivity contribution in [2.45, 2.75) is 39.8 Å². The van der Waals surface area contributed by atoms with Crippen molar-refractivity contribution in [2.24, 2.45) is 10.9 Å². The lowest BCUT2D eigenvalue weighted by Gasteiger charge is -2.31. The fourth-order valence-corrected chi connectivity index (χ4v) is 4.15. The molecule has 6 nitrogen and oxygen atoms in total. The summed E-state index contributed by atoms with van der Waals surface area (Å²) in [5.41, 5.74) is 2.39. The fraction of sp³-hybridized carbons (Fsp3) is 0.545. The van der Waals surface area contributed by atoms with Crippen LogP contribution in [-0.4, -0.2) is 49.1 Å². The molecule has 3 rings (SSSR count). The van der Waals surface area contributed by atoms with Gasteiger partial charge < -0.3 is 15.4 Å². The minimum absolute atomic E-state index is 0.658. The maximum absolute atomic E-state index is 5.21. The molecule has 1 aromatic carbocycles. The number of aliphatic imine (C=N–C) groups is 1. The molecule has 1 aliphatic rings. The molecule has 1 saturated heterocycles. The maximum atomic E-state index is 5.21. The lowest BCUT2D eigenvalue weighted by Crippen LogP contribution is -2.42. The van der Waals surface area contributed by atoms with Crippen molar-refractivity contribution in [2.75, 3.05) is 33.3 Å². The summed E-state index contributed by atoms with van der Waals surface area (Å²) in [4.78, 5) is 11.8. The third-order valence-corrected chi connectivity index (χ3v) is 6.06. The van der Waals surface area contributed by atoms with Crippen molar-refractivity contribution in [1.82, 2.24) is 20.5 Å². The molecular formula is C22H33N5OS. The first-order valence-electron chi connectivity index (χ1n) is 10.4. The average Bonchev–Trinajstić information content (AvgIpc) is 3.16. The molecule has 158 valence electrons. The minimum Gasteiger partial charge on any atom is -0.497 e. The van der Waals surface area contributed by atoms with Crippen LogP contribution in [-0.2, 0) is 13.1 Å². The summed E-state index contributed by atoms with van der Waals surface area (Å²) in [6.45, 7) is 9.93. The first-order valence-corrected chi connectivity index (χ1v) is 11.3. The molecule has 0 unspecified atom stereocenters. The smallest absolute Gasteiger partial charge is 0.191 e. The number of nitrogens with zero attached hydrogens (tertiary/aromatic N) is 3. The van der Waals surface area contributed by atoms with E-state index in [2.05, 4.69) is 51.9 Å². The van der Waals surface area contributed by atoms with Gasteiger partial charge in [-0.2, -0.15) is 0 Å². The summed E-state index contributed by atoms with van der Waals surface area (Å²) in [6.07, 6.45) is 2.43. The van der Waals surface area contributed by atoms with Gasteiger partial charge in [-0.3, -0.25) is 4.90 Å². The zero-order chi connectivity index (χ0) is 20.5. The molecule has 29 heavy (non-hydrogen) atoms. The number of nitrogens with one attached hydrogen (secondary N) is 2. The van der Waals surface area contributed by atoms with Gasteiger partial charge in [0.15, 0.2) is 5.96 Å². The molecule has 0 aliphatic carbocycles. The first-order chi connectivity index (χ1) is 14.2. The van der Waals surface area contributed by atoms with Crippen LogP contribution in [0.3, 0.4) is 0 Å². The maximum Gasteiger partial charge on any atom is 0.191 e. The number of guanidine groups is 1. The summed E-state index contributed by atoms with van der Waals surface area (Å²) in [5.74, 6) is 2.45. The Morgan fingerprint density at radius 3 is 2.62 bits per heavy atom. The second-order valence-corrected chi connectivity index (χ2v) is 8.56. The van der Waals surface area contributed by atoms with Gasteiger partial charge in [0.2, 0.25) is 0 Å². The number of benzene rings is 1. The number of ether oxygens (including phenoxy) is 1. The van der Waals surface area contributed by atoms with Crippen molar-refractivity contribution < 1.29 is 4.74 Å². The Morgan fingerprint density at radius 2 is 2.00 bits per heavy atom. The zero-order valence-electron chi connectivity index (χ0n) is 17.8. The molecule has 1 fully saturated rings. The molecule has 1 aromatic heterocycles. The molecule has 0 spiro atoms. The predicted molar refractivity (Wildman–Crippen MR) is 121 cm³/mol. The quantitative estimate of drug-likeness (QED) is 0.511. The van der Waals surface area contributed by atoms with Crippen molar-refractivity contribution in [3.8, 4) is 5.75 Å². The SMILES string of the molecule is CCNC(=NCc1ccc(OC)cc1)NCC1CCN(Cc2csc(C)n2)CC1. The molecule has 0 atom stereocenters. The van der Waals surface area contributed by atoms with E-state index in [1.54, 1.807) is 18.4 Å². The van der Waals surface area contributed by atoms with Crippen LogP contribution in [0.25, 0.3) is 0 Å². The number of likely N-dealkylation sites (tertiary alicyclic amines) is 1. The highest BCUT2D eigenvalue weighted by molar-refractivity contribution is 7.09. The van der Waals surface area contributed by atoms with Gasteiger partial charge in [-0.15, -0.1) is 11.3 Å². The van der Waals surface area contributed by atoms with E-state index in [1.165, 1.54) is 24.1 Å². The highest BCUT2D eigenvalue weighted by Crippen LogP contribution is 2.19. The summed E-state index contributed by atoms with van der Waals surface area (Å²) in [7, 11) is 1.69. The molecule has 0 radical (unpaired) electrons. The van der Waals surface area contributed by atoms with Gasteiger partial charge in [0.1, 0.15) is 5.75 Å². The van der Waals surface area contributed by atoms with Crippen molar-refractivity contribution in [3.05, 3.63) is 45.9 Å². The van der Waals surface area contributed by atoms with E-state index in [0.29, 0.717) is 12.5 Å². The van der Waals surface area contributed by atoms with Gasteiger partial charge >= 0.3 is 0 Å². The molecular weight excluding hydrogens is 382 g/mol. The van der Waals surface area contributed by atoms with Crippen molar-refractivity contribution >= 4 is 17.3 Å². The van der Waals surface area contributed by atoms with Crippen molar-refractivity contribution in [1.29, 1.82) is 0 Å². The molecule has 7 heteroatoms. The molecule has 1 aliphatic heterocycles. The number of hydrogen-bond acceptors (Lipinski definition) is 5. The van der Waals surface area contributed by atoms with Crippen LogP contribution >= 0.6 is 11.3 Å². The Morgan fingerprint density at radius 1 is 1.24 bits per heavy atom. The molecule has 2 N–H and O–H groups in total. The fourth-order valence-electron chi connectivity index (χ4n) is 3.54. The first kappa shape index (κ1) is 21.6. The second kappa shape index (κ2) is 11.2. The summed E-state index contributed by atoms with van der Waals surface area (Å²) in [5, 5.41) is 10.2. The Hall–Kier alpha value is -2.12. The lowest BCUT2D eigenvalue weighted by molar-refractivity contribution is 0.176. The number of piperidine rings is 1. The van der Waals surface area contributed by atoms with Crippen LogP contribution in [0.2, 0.25) is 0 Å². The standard InChI is InChI=1S/C22H33N5OS/c1-4-23-22(24-13-18-5-7-21(28-3)8-6-18)25-14-19-9-11-27(12-10-19)15-20-16-29-17(2)26-20/h5-8,16,19H,4,9-15H2,1-3H3,(H2,23,24,25). The molecule has 2 aromatic rings. The average molecular weight is 416 g/mol. The number of rotatable bonds is 8. The summed E-state index contributed by atoms with van der Waals surface area (Å²) < 4.78 is 5.21. The van der Waals surface area contributed by atoms with Crippen LogP contribution in [0, 0.1) is 12.8 Å². The summed E-state index contributed by atoms with van der Waals surface area (Å²) in [6, 6.07) is 8.08. The topological polar surface area (TPSA) is 61.8 Å². The number of thiazole rings is 1. The van der Waals surface area contributed by atoms with Gasteiger partial charge in [-0.05, 0) is 63.4 Å². The van der Waals surface area contributed by atoms with Gasteiger partial charge in [-0.1, -0.05) is 12.1 Å². The number of hydrogen-bond donors (Lipinski definition) is 2. The van der Waals surface area contributed by atoms with Crippen LogP contribution < -0.4 is 15.4 Å². The third-order valence-electron chi connectivity index (χ3n) is 5.24. The van der Waals surface area contributed by atoms with E-state index in [4.69, 9.17) is 9.73 Å². The van der Waals surface area contributed by atoms with E-state index in [1.807, 2.05) is 12.1 Å². The second-order valence-electron chi connectivity index (χ2n) is 7.50. The van der Waals surface area contributed by atoms with Crippen LogP contribution in [0.5, 0.6) is 5.75 Å². The zero-order valence-corrected chi connectivity index (χ0v) is 18.6. The monoisotopic (exact) mass is 415 g/mol. The Balaban J connectivity index is 1.42. The highest BCUT2D eigenvalue weighted by Gasteiger charge is 2.20. The van der Waals surface area contributed by atoms with Gasteiger partial charge in [0, 0.05) is 25.0 Å². The molecule has 0 bridgehead atoms. The van der Waals surface area contributed by atoms with Gasteiger partial charge in [0.25, 0.3) is 0 Å². The van der Waals surface area contributed by atoms with E-state index < -0.39 is 0 Å². The highest BCUT2D eigenvalue weighted by atomic mass is 32.1. The molecule has 0 saturated carbocycles. The lowest BCUT2D eigenvalue weighted by atomic mass is 9.97. The van der Waals surface area contributed by atoms with Gasteiger partial charge in [0.05, 0.1) is 24.4 Å². The van der Waals surface area contributed by atoms with E-state index in [-0.39, 0.29) is 0 Å². The van der Waals surface area contributed by atoms with Crippen LogP contribution in [0.15, 0.2) is 34.6 Å². The van der Waals surface area contributed by atoms with Crippen LogP contribution in [0.4, 0.5) is 0 Å². The Kier molecular flexibility index (Phi) is 8.31. The van der Waals surface area contributed by atoms with E-state index >= 15 is 0 Å². The third kappa shape index (κ3) is 7.01. The van der Waals surface area contributed by atoms with E-state index in [0.717, 1.165) is 49.4 Å². The predicted octanol–water partition coefficient (Wildman–Crippen LogP) is 3.43. The molecule has 2 heterocycles. The number of methoxy groups -OCH3 is 1. The number of aromatic nitrogens is 1. The van der Waals surface area contributed by atoms with Crippen molar-refractivity contribution in [3.63, 3.8) is 0 Å². The normalized spacial score (nSPS) is 16.0. The summed E-state index contributed by atoms with van der Waals surface area (Å²) >= 11 is 1.74. The number of aryl methyl sites for hydroxylation is 1. The largest absolute Gasteiger partial charge is 0.497 e. The van der Waals surface area contributed by atoms with Gasteiger partial charge in [-0.25, -0.2) is 9.98 Å². The van der Waals surface area contributed by atoms with E-state index in [9.17, 15) is 0 Å². The minimum atomic E-state index is 0.658. The molecule has 0 amide bonds. The Bertz CT molecular complexity index is 766. The van der Waals surface area contributed by atoms with Crippen LogP contribution in [0.1, 0.15) is 36.0 Å².